The van der Waals surface area contributed by atoms with E-state index in [0.29, 0.717) is 22.6 Å². The monoisotopic (exact) mass is 291 g/mol. The minimum absolute atomic E-state index is 0.193. The summed E-state index contributed by atoms with van der Waals surface area (Å²) in [6.45, 7) is 9.86. The molecule has 2 aromatic rings. The SMILES string of the molecule is Cc1ccc(Oc2nc(C(C)(C)C)nc(Cl)c2C)cn1. The quantitative estimate of drug-likeness (QED) is 0.777. The Labute approximate surface area is 124 Å². The van der Waals surface area contributed by atoms with Gasteiger partial charge in [0, 0.05) is 16.7 Å². The van der Waals surface area contributed by atoms with Gasteiger partial charge in [0.2, 0.25) is 5.88 Å². The molecule has 0 amide bonds. The van der Waals surface area contributed by atoms with Crippen molar-refractivity contribution < 1.29 is 4.74 Å². The van der Waals surface area contributed by atoms with Crippen molar-refractivity contribution in [1.29, 1.82) is 0 Å². The van der Waals surface area contributed by atoms with Gasteiger partial charge in [-0.15, -0.1) is 0 Å². The molecule has 2 heterocycles. The molecule has 20 heavy (non-hydrogen) atoms. The van der Waals surface area contributed by atoms with Crippen molar-refractivity contribution in [1.82, 2.24) is 15.0 Å². The van der Waals surface area contributed by atoms with E-state index in [2.05, 4.69) is 15.0 Å². The Bertz CT molecular complexity index is 618. The van der Waals surface area contributed by atoms with E-state index < -0.39 is 0 Å². The molecule has 0 radical (unpaired) electrons. The zero-order valence-electron chi connectivity index (χ0n) is 12.4. The van der Waals surface area contributed by atoms with E-state index in [4.69, 9.17) is 16.3 Å². The van der Waals surface area contributed by atoms with Crippen LogP contribution >= 0.6 is 11.6 Å². The van der Waals surface area contributed by atoms with E-state index in [1.54, 1.807) is 6.20 Å². The lowest BCUT2D eigenvalue weighted by Crippen LogP contribution is -2.17. The summed E-state index contributed by atoms with van der Waals surface area (Å²) in [5.41, 5.74) is 1.46. The van der Waals surface area contributed by atoms with E-state index in [9.17, 15) is 0 Å². The van der Waals surface area contributed by atoms with E-state index in [1.807, 2.05) is 46.8 Å². The maximum atomic E-state index is 6.17. The zero-order valence-corrected chi connectivity index (χ0v) is 13.1. The summed E-state index contributed by atoms with van der Waals surface area (Å²) in [6.07, 6.45) is 1.67. The Morgan fingerprint density at radius 2 is 1.80 bits per heavy atom. The Balaban J connectivity index is 2.40. The summed E-state index contributed by atoms with van der Waals surface area (Å²) in [5.74, 6) is 1.76. The van der Waals surface area contributed by atoms with Crippen molar-refractivity contribution in [2.75, 3.05) is 0 Å². The third-order valence-electron chi connectivity index (χ3n) is 2.81. The number of hydrogen-bond acceptors (Lipinski definition) is 4. The topological polar surface area (TPSA) is 47.9 Å². The van der Waals surface area contributed by atoms with Gasteiger partial charge in [-0.1, -0.05) is 32.4 Å². The Hall–Kier alpha value is -1.68. The maximum absolute atomic E-state index is 6.17. The first-order valence-electron chi connectivity index (χ1n) is 6.42. The lowest BCUT2D eigenvalue weighted by molar-refractivity contribution is 0.440. The zero-order chi connectivity index (χ0) is 14.9. The van der Waals surface area contributed by atoms with Gasteiger partial charge in [-0.3, -0.25) is 4.98 Å². The fraction of sp³-hybridized carbons (Fsp3) is 0.400. The van der Waals surface area contributed by atoms with Crippen LogP contribution in [0.25, 0.3) is 0 Å². The van der Waals surface area contributed by atoms with Gasteiger partial charge in [0.25, 0.3) is 0 Å². The average Bonchev–Trinajstić information content (AvgIpc) is 2.36. The second-order valence-corrected chi connectivity index (χ2v) is 6.11. The number of halogens is 1. The van der Waals surface area contributed by atoms with Gasteiger partial charge in [0.15, 0.2) is 0 Å². The molecule has 2 rings (SSSR count). The molecule has 106 valence electrons. The standard InChI is InChI=1S/C15H18ClN3O/c1-9-6-7-11(8-17-9)20-13-10(2)12(16)18-14(19-13)15(3,4)5/h6-8H,1-5H3. The normalized spacial score (nSPS) is 11.5. The molecular weight excluding hydrogens is 274 g/mol. The van der Waals surface area contributed by atoms with Crippen LogP contribution in [0.1, 0.15) is 37.9 Å². The van der Waals surface area contributed by atoms with Gasteiger partial charge >= 0.3 is 0 Å². The maximum Gasteiger partial charge on any atom is 0.227 e. The lowest BCUT2D eigenvalue weighted by Gasteiger charge is -2.18. The summed E-state index contributed by atoms with van der Waals surface area (Å²) in [6, 6.07) is 3.74. The predicted molar refractivity (Wildman–Crippen MR) is 79.5 cm³/mol. The molecule has 0 unspecified atom stereocenters. The van der Waals surface area contributed by atoms with Gasteiger partial charge in [-0.05, 0) is 26.0 Å². The largest absolute Gasteiger partial charge is 0.437 e. The molecule has 0 aliphatic carbocycles. The molecule has 5 heteroatoms. The number of nitrogens with zero attached hydrogens (tertiary/aromatic N) is 3. The van der Waals surface area contributed by atoms with Crippen LogP contribution in [0.5, 0.6) is 11.6 Å². The molecule has 0 atom stereocenters. The average molecular weight is 292 g/mol. The molecule has 0 N–H and O–H groups in total. The molecule has 0 aliphatic heterocycles. The molecular formula is C15H18ClN3O. The van der Waals surface area contributed by atoms with Crippen LogP contribution in [0.15, 0.2) is 18.3 Å². The number of hydrogen-bond donors (Lipinski definition) is 0. The molecule has 4 nitrogen and oxygen atoms in total. The summed E-state index contributed by atoms with van der Waals surface area (Å²) in [4.78, 5) is 13.0. The van der Waals surface area contributed by atoms with Gasteiger partial charge in [0.1, 0.15) is 16.7 Å². The number of rotatable bonds is 2. The van der Waals surface area contributed by atoms with Crippen LogP contribution in [-0.2, 0) is 5.41 Å². The van der Waals surface area contributed by atoms with Crippen LogP contribution in [-0.4, -0.2) is 15.0 Å². The molecule has 2 aromatic heterocycles. The molecule has 0 saturated carbocycles. The summed E-state index contributed by atoms with van der Waals surface area (Å²) < 4.78 is 5.78. The Morgan fingerprint density at radius 3 is 2.35 bits per heavy atom. The minimum Gasteiger partial charge on any atom is -0.437 e. The van der Waals surface area contributed by atoms with Crippen LogP contribution in [0, 0.1) is 13.8 Å². The first kappa shape index (κ1) is 14.7. The van der Waals surface area contributed by atoms with Crippen LogP contribution in [0.3, 0.4) is 0 Å². The smallest absolute Gasteiger partial charge is 0.227 e. The highest BCUT2D eigenvalue weighted by Crippen LogP contribution is 2.30. The summed E-state index contributed by atoms with van der Waals surface area (Å²) in [5, 5.41) is 0.417. The highest BCUT2D eigenvalue weighted by Gasteiger charge is 2.21. The molecule has 0 bridgehead atoms. The van der Waals surface area contributed by atoms with E-state index in [1.165, 1.54) is 0 Å². The van der Waals surface area contributed by atoms with Crippen molar-refractivity contribution in [3.8, 4) is 11.6 Å². The van der Waals surface area contributed by atoms with Gasteiger partial charge in [-0.25, -0.2) is 4.98 Å². The molecule has 0 aliphatic rings. The lowest BCUT2D eigenvalue weighted by atomic mass is 9.96. The van der Waals surface area contributed by atoms with Crippen LogP contribution < -0.4 is 4.74 Å². The van der Waals surface area contributed by atoms with Crippen molar-refractivity contribution in [3.05, 3.63) is 40.6 Å². The second kappa shape index (κ2) is 5.37. The predicted octanol–water partition coefficient (Wildman–Crippen LogP) is 4.23. The van der Waals surface area contributed by atoms with E-state index in [0.717, 1.165) is 11.3 Å². The molecule has 0 aromatic carbocycles. The fourth-order valence-electron chi connectivity index (χ4n) is 1.53. The number of aryl methyl sites for hydroxylation is 1. The van der Waals surface area contributed by atoms with E-state index >= 15 is 0 Å². The number of ether oxygens (including phenoxy) is 1. The third kappa shape index (κ3) is 3.25. The number of aromatic nitrogens is 3. The number of pyridine rings is 1. The van der Waals surface area contributed by atoms with Crippen LogP contribution in [0.2, 0.25) is 5.15 Å². The minimum atomic E-state index is -0.193. The highest BCUT2D eigenvalue weighted by molar-refractivity contribution is 6.30. The Kier molecular flexibility index (Phi) is 3.95. The van der Waals surface area contributed by atoms with Gasteiger partial charge in [-0.2, -0.15) is 4.98 Å². The van der Waals surface area contributed by atoms with Crippen molar-refractivity contribution in [3.63, 3.8) is 0 Å². The summed E-state index contributed by atoms with van der Waals surface area (Å²) >= 11 is 6.17. The molecule has 0 saturated heterocycles. The highest BCUT2D eigenvalue weighted by atomic mass is 35.5. The van der Waals surface area contributed by atoms with Gasteiger partial charge < -0.3 is 4.74 Å². The van der Waals surface area contributed by atoms with Crippen molar-refractivity contribution in [2.45, 2.75) is 40.0 Å². The van der Waals surface area contributed by atoms with Crippen LogP contribution in [0.4, 0.5) is 0 Å². The first-order chi connectivity index (χ1) is 9.27. The third-order valence-corrected chi connectivity index (χ3v) is 3.18. The fourth-order valence-corrected chi connectivity index (χ4v) is 1.69. The Morgan fingerprint density at radius 1 is 1.10 bits per heavy atom. The van der Waals surface area contributed by atoms with Crippen molar-refractivity contribution in [2.24, 2.45) is 0 Å². The van der Waals surface area contributed by atoms with E-state index in [-0.39, 0.29) is 5.41 Å². The molecule has 0 fully saturated rings. The summed E-state index contributed by atoms with van der Waals surface area (Å²) in [7, 11) is 0. The molecule has 0 spiro atoms. The van der Waals surface area contributed by atoms with Gasteiger partial charge in [0.05, 0.1) is 6.20 Å². The van der Waals surface area contributed by atoms with Crippen molar-refractivity contribution >= 4 is 11.6 Å². The first-order valence-corrected chi connectivity index (χ1v) is 6.80. The second-order valence-electron chi connectivity index (χ2n) is 5.76.